The standard InChI is InChI=1S/C40H54FN5O9S/c1-8-24-17-23(2)11-9-10-12-26-21-40(26,36(49)45-56(51,52)39(6)15-16-39)44-33(47)30-20-28(22-46(30)35(48)32(24)43-37(50)55-38(3,4)5)54-34-29-14-13-27(41)18-25(29)19-31(42-34)53-7/h10,12-14,18-19,23-24,26,28,30,32H,8-9,11,15-17,20-22H2,1-7H3,(H,43,50)(H,44,47)(H,45,49)/b12-10-/t23-,24-,26?,28-,30+,32+,40-/m1/s1. The SMILES string of the molecule is CC[C@@H]1C[C@H](C)CC/C=C\C2C[C@@]2(C(=O)NS(=O)(=O)C2(C)CC2)NC(=O)[C@@H]2C[C@@H](Oc3nc(OC)cc4cc(F)ccc34)CN2C(=O)[C@H]1NC(=O)OC(C)(C)C. The van der Waals surface area contributed by atoms with E-state index in [1.165, 1.54) is 30.2 Å². The van der Waals surface area contributed by atoms with Crippen LogP contribution in [0.3, 0.4) is 0 Å². The van der Waals surface area contributed by atoms with Crippen LogP contribution in [0, 0.1) is 23.6 Å². The molecule has 4 aliphatic rings. The number of hydrogen-bond acceptors (Lipinski definition) is 10. The molecule has 3 heterocycles. The van der Waals surface area contributed by atoms with Crippen molar-refractivity contribution in [2.24, 2.45) is 17.8 Å². The molecule has 4 amide bonds. The van der Waals surface area contributed by atoms with Crippen LogP contribution < -0.4 is 24.8 Å². The van der Waals surface area contributed by atoms with Gasteiger partial charge in [-0.05, 0) is 102 Å². The van der Waals surface area contributed by atoms with Crippen molar-refractivity contribution in [2.75, 3.05) is 13.7 Å². The third-order valence-electron chi connectivity index (χ3n) is 11.5. The number of aromatic nitrogens is 1. The van der Waals surface area contributed by atoms with Crippen molar-refractivity contribution in [1.82, 2.24) is 25.2 Å². The highest BCUT2D eigenvalue weighted by Gasteiger charge is 2.63. The molecular formula is C40H54FN5O9S. The molecule has 1 saturated heterocycles. The number of methoxy groups -OCH3 is 1. The fourth-order valence-electron chi connectivity index (χ4n) is 7.78. The molecule has 14 nitrogen and oxygen atoms in total. The Bertz CT molecular complexity index is 2020. The molecule has 2 saturated carbocycles. The molecule has 16 heteroatoms. The minimum atomic E-state index is -4.03. The van der Waals surface area contributed by atoms with E-state index in [-0.39, 0.29) is 43.0 Å². The Labute approximate surface area is 327 Å². The lowest BCUT2D eigenvalue weighted by molar-refractivity contribution is -0.142. The largest absolute Gasteiger partial charge is 0.481 e. The van der Waals surface area contributed by atoms with Gasteiger partial charge in [-0.15, -0.1) is 0 Å². The molecule has 0 spiro atoms. The number of nitrogens with one attached hydrogen (secondary N) is 3. The summed E-state index contributed by atoms with van der Waals surface area (Å²) in [5, 5.41) is 6.65. The maximum atomic E-state index is 14.9. The second-order valence-corrected chi connectivity index (χ2v) is 19.3. The minimum absolute atomic E-state index is 0.0416. The highest BCUT2D eigenvalue weighted by atomic mass is 32.2. The Morgan fingerprint density at radius 3 is 2.54 bits per heavy atom. The molecule has 3 fully saturated rings. The maximum Gasteiger partial charge on any atom is 0.408 e. The summed E-state index contributed by atoms with van der Waals surface area (Å²) in [6.07, 6.45) is 5.69. The number of ether oxygens (including phenoxy) is 3. The number of amides is 4. The molecule has 7 atom stereocenters. The Hall–Kier alpha value is -4.47. The zero-order valence-electron chi connectivity index (χ0n) is 33.1. The fraction of sp³-hybridized carbons (Fsp3) is 0.625. The molecule has 6 rings (SSSR count). The zero-order valence-corrected chi connectivity index (χ0v) is 34.0. The van der Waals surface area contributed by atoms with Crippen LogP contribution in [0.15, 0.2) is 36.4 Å². The predicted molar refractivity (Wildman–Crippen MR) is 206 cm³/mol. The van der Waals surface area contributed by atoms with E-state index >= 15 is 0 Å². The van der Waals surface area contributed by atoms with Crippen LogP contribution in [0.2, 0.25) is 0 Å². The van der Waals surface area contributed by atoms with Crippen LogP contribution in [0.1, 0.15) is 92.9 Å². The van der Waals surface area contributed by atoms with E-state index in [9.17, 15) is 32.0 Å². The summed E-state index contributed by atoms with van der Waals surface area (Å²) >= 11 is 0. The highest BCUT2D eigenvalue weighted by molar-refractivity contribution is 7.91. The normalized spacial score (nSPS) is 29.8. The van der Waals surface area contributed by atoms with Gasteiger partial charge < -0.3 is 29.7 Å². The lowest BCUT2D eigenvalue weighted by Crippen LogP contribution is -2.59. The molecule has 1 unspecified atom stereocenters. The summed E-state index contributed by atoms with van der Waals surface area (Å²) in [5.74, 6) is -2.93. The Morgan fingerprint density at radius 2 is 1.88 bits per heavy atom. The number of nitrogens with zero attached hydrogens (tertiary/aromatic N) is 2. The van der Waals surface area contributed by atoms with E-state index in [4.69, 9.17) is 14.2 Å². The van der Waals surface area contributed by atoms with Gasteiger partial charge in [0.25, 0.3) is 5.91 Å². The number of sulfonamides is 1. The highest BCUT2D eigenvalue weighted by Crippen LogP contribution is 2.47. The van der Waals surface area contributed by atoms with Gasteiger partial charge in [-0.1, -0.05) is 32.4 Å². The van der Waals surface area contributed by atoms with Crippen molar-refractivity contribution in [2.45, 2.75) is 127 Å². The lowest BCUT2D eigenvalue weighted by Gasteiger charge is -2.34. The van der Waals surface area contributed by atoms with Crippen molar-refractivity contribution in [1.29, 1.82) is 0 Å². The summed E-state index contributed by atoms with van der Waals surface area (Å²) in [6.45, 7) is 10.6. The first-order valence-corrected chi connectivity index (χ1v) is 20.9. The van der Waals surface area contributed by atoms with Gasteiger partial charge in [0.1, 0.15) is 35.1 Å². The number of rotatable bonds is 8. The second kappa shape index (κ2) is 15.5. The summed E-state index contributed by atoms with van der Waals surface area (Å²) in [7, 11) is -2.61. The summed E-state index contributed by atoms with van der Waals surface area (Å²) < 4.78 is 59.2. The van der Waals surface area contributed by atoms with Gasteiger partial charge in [-0.25, -0.2) is 17.6 Å². The van der Waals surface area contributed by atoms with Crippen molar-refractivity contribution < 1.29 is 46.2 Å². The Morgan fingerprint density at radius 1 is 1.14 bits per heavy atom. The van der Waals surface area contributed by atoms with E-state index in [1.807, 2.05) is 19.1 Å². The summed E-state index contributed by atoms with van der Waals surface area (Å²) in [6, 6.07) is 3.39. The third kappa shape index (κ3) is 8.74. The summed E-state index contributed by atoms with van der Waals surface area (Å²) in [5.41, 5.74) is -2.42. The maximum absolute atomic E-state index is 14.9. The fourth-order valence-corrected chi connectivity index (χ4v) is 9.09. The first kappa shape index (κ1) is 41.2. The number of hydrogen-bond donors (Lipinski definition) is 3. The quantitative estimate of drug-likeness (QED) is 0.311. The topological polar surface area (TPSA) is 182 Å². The van der Waals surface area contributed by atoms with Gasteiger partial charge in [0, 0.05) is 23.8 Å². The average molecular weight is 800 g/mol. The average Bonchev–Trinajstić information content (AvgIpc) is 4.00. The van der Waals surface area contributed by atoms with Gasteiger partial charge >= 0.3 is 6.09 Å². The number of allylic oxidation sites excluding steroid dienone is 1. The van der Waals surface area contributed by atoms with Gasteiger partial charge in [0.05, 0.1) is 18.4 Å². The molecule has 2 aliphatic carbocycles. The van der Waals surface area contributed by atoms with Crippen LogP contribution in [0.5, 0.6) is 11.8 Å². The van der Waals surface area contributed by atoms with E-state index in [2.05, 4.69) is 27.3 Å². The van der Waals surface area contributed by atoms with Gasteiger partial charge in [-0.3, -0.25) is 19.1 Å². The van der Waals surface area contributed by atoms with Crippen LogP contribution >= 0.6 is 0 Å². The van der Waals surface area contributed by atoms with Crippen LogP contribution in [0.4, 0.5) is 9.18 Å². The molecule has 2 aliphatic heterocycles. The monoisotopic (exact) mass is 799 g/mol. The summed E-state index contributed by atoms with van der Waals surface area (Å²) in [4.78, 5) is 62.5. The van der Waals surface area contributed by atoms with Crippen LogP contribution in [-0.2, 0) is 29.1 Å². The minimum Gasteiger partial charge on any atom is -0.481 e. The number of alkyl carbamates (subject to hydrolysis) is 1. The van der Waals surface area contributed by atoms with Gasteiger partial charge in [-0.2, -0.15) is 4.98 Å². The molecule has 0 radical (unpaired) electrons. The zero-order chi connectivity index (χ0) is 40.8. The van der Waals surface area contributed by atoms with Gasteiger partial charge in [0.2, 0.25) is 33.6 Å². The Balaban J connectivity index is 1.38. The number of benzene rings is 1. The molecule has 0 bridgehead atoms. The number of carbonyl (C=O) groups excluding carboxylic acids is 4. The van der Waals surface area contributed by atoms with E-state index in [1.54, 1.807) is 33.8 Å². The molecular weight excluding hydrogens is 746 g/mol. The molecule has 56 heavy (non-hydrogen) atoms. The first-order valence-electron chi connectivity index (χ1n) is 19.4. The molecule has 3 N–H and O–H groups in total. The first-order chi connectivity index (χ1) is 26.3. The number of fused-ring (bicyclic) bond motifs is 3. The molecule has 1 aromatic carbocycles. The van der Waals surface area contributed by atoms with Gasteiger partial charge in [0.15, 0.2) is 0 Å². The number of carbonyl (C=O) groups is 4. The second-order valence-electron chi connectivity index (χ2n) is 17.1. The lowest BCUT2D eigenvalue weighted by atomic mass is 9.85. The van der Waals surface area contributed by atoms with Crippen LogP contribution in [-0.4, -0.2) is 89.8 Å². The van der Waals surface area contributed by atoms with Crippen molar-refractivity contribution in [3.63, 3.8) is 0 Å². The van der Waals surface area contributed by atoms with Crippen molar-refractivity contribution >= 4 is 44.6 Å². The number of pyridine rings is 1. The smallest absolute Gasteiger partial charge is 0.408 e. The van der Waals surface area contributed by atoms with E-state index in [0.29, 0.717) is 42.9 Å². The van der Waals surface area contributed by atoms with Crippen LogP contribution in [0.25, 0.3) is 10.8 Å². The Kier molecular flexibility index (Phi) is 11.4. The van der Waals surface area contributed by atoms with E-state index in [0.717, 1.165) is 6.42 Å². The molecule has 2 aromatic rings. The van der Waals surface area contributed by atoms with Crippen molar-refractivity contribution in [3.05, 3.63) is 42.2 Å². The van der Waals surface area contributed by atoms with Crippen molar-refractivity contribution in [3.8, 4) is 11.8 Å². The van der Waals surface area contributed by atoms with E-state index < -0.39 is 79.6 Å². The third-order valence-corrected chi connectivity index (χ3v) is 13.7. The molecule has 1 aromatic heterocycles. The number of halogens is 1. The predicted octanol–water partition coefficient (Wildman–Crippen LogP) is 4.90. The molecule has 306 valence electrons.